The van der Waals surface area contributed by atoms with E-state index >= 15 is 0 Å². The molecule has 0 aromatic rings. The molecule has 3 heteroatoms. The fraction of sp³-hybridized carbons (Fsp3) is 0.750. The number of rotatable bonds is 1. The average Bonchev–Trinajstić information content (AvgIpc) is 1.85. The lowest BCUT2D eigenvalue weighted by molar-refractivity contribution is -0.122. The minimum atomic E-state index is -0.0373. The van der Waals surface area contributed by atoms with Gasteiger partial charge in [0.2, 0.25) is 5.91 Å². The first-order valence-electron chi connectivity index (χ1n) is 3.97. The number of carbonyl (C=O) groups is 2. The summed E-state index contributed by atoms with van der Waals surface area (Å²) < 4.78 is 0. The molecule has 11 heavy (non-hydrogen) atoms. The molecule has 0 aromatic heterocycles. The van der Waals surface area contributed by atoms with E-state index in [-0.39, 0.29) is 17.7 Å². The summed E-state index contributed by atoms with van der Waals surface area (Å²) in [6.45, 7) is 1.49. The summed E-state index contributed by atoms with van der Waals surface area (Å²) in [4.78, 5) is 21.5. The van der Waals surface area contributed by atoms with Gasteiger partial charge in [0.15, 0.2) is 0 Å². The van der Waals surface area contributed by atoms with E-state index in [0.717, 1.165) is 12.8 Å². The molecule has 0 spiro atoms. The molecule has 1 atom stereocenters. The SMILES string of the molecule is CC(=O)NC1CCCC(=O)C1. The first-order valence-corrected chi connectivity index (χ1v) is 3.97. The lowest BCUT2D eigenvalue weighted by Crippen LogP contribution is -2.37. The Morgan fingerprint density at radius 2 is 2.36 bits per heavy atom. The zero-order valence-corrected chi connectivity index (χ0v) is 6.72. The Balaban J connectivity index is 2.34. The second-order valence-electron chi connectivity index (χ2n) is 3.03. The van der Waals surface area contributed by atoms with Crippen molar-refractivity contribution in [2.45, 2.75) is 38.6 Å². The third-order valence-electron chi connectivity index (χ3n) is 1.89. The number of hydrogen-bond donors (Lipinski definition) is 1. The van der Waals surface area contributed by atoms with E-state index in [1.54, 1.807) is 0 Å². The molecule has 3 nitrogen and oxygen atoms in total. The van der Waals surface area contributed by atoms with Gasteiger partial charge in [-0.15, -0.1) is 0 Å². The molecule has 1 aliphatic carbocycles. The van der Waals surface area contributed by atoms with Gasteiger partial charge in [0.25, 0.3) is 0 Å². The summed E-state index contributed by atoms with van der Waals surface area (Å²) in [7, 11) is 0. The molecule has 0 saturated heterocycles. The van der Waals surface area contributed by atoms with Crippen LogP contribution in [0.15, 0.2) is 0 Å². The third kappa shape index (κ3) is 2.70. The van der Waals surface area contributed by atoms with Gasteiger partial charge in [-0.3, -0.25) is 9.59 Å². The van der Waals surface area contributed by atoms with Crippen LogP contribution in [0.25, 0.3) is 0 Å². The van der Waals surface area contributed by atoms with Crippen molar-refractivity contribution < 1.29 is 9.59 Å². The zero-order valence-electron chi connectivity index (χ0n) is 6.72. The molecule has 1 aliphatic rings. The maximum absolute atomic E-state index is 10.9. The number of ketones is 1. The summed E-state index contributed by atoms with van der Waals surface area (Å²) in [6, 6.07) is 0.105. The lowest BCUT2D eigenvalue weighted by atomic mass is 9.94. The van der Waals surface area contributed by atoms with Gasteiger partial charge >= 0.3 is 0 Å². The van der Waals surface area contributed by atoms with Crippen LogP contribution in [0.1, 0.15) is 32.6 Å². The van der Waals surface area contributed by atoms with Crippen LogP contribution in [0, 0.1) is 0 Å². The molecule has 1 saturated carbocycles. The minimum absolute atomic E-state index is 0.0373. The van der Waals surface area contributed by atoms with E-state index in [0.29, 0.717) is 12.8 Å². The van der Waals surface area contributed by atoms with E-state index in [4.69, 9.17) is 0 Å². The van der Waals surface area contributed by atoms with Crippen LogP contribution in [-0.4, -0.2) is 17.7 Å². The van der Waals surface area contributed by atoms with Crippen molar-refractivity contribution in [2.24, 2.45) is 0 Å². The van der Waals surface area contributed by atoms with Crippen molar-refractivity contribution >= 4 is 11.7 Å². The Labute approximate surface area is 66.2 Å². The van der Waals surface area contributed by atoms with E-state index in [2.05, 4.69) is 5.32 Å². The van der Waals surface area contributed by atoms with Gasteiger partial charge in [-0.25, -0.2) is 0 Å². The van der Waals surface area contributed by atoms with Crippen molar-refractivity contribution in [3.05, 3.63) is 0 Å². The molecular weight excluding hydrogens is 142 g/mol. The van der Waals surface area contributed by atoms with Crippen LogP contribution in [0.5, 0.6) is 0 Å². The number of Topliss-reactive ketones (excluding diaryl/α,β-unsaturated/α-hetero) is 1. The van der Waals surface area contributed by atoms with Gasteiger partial charge in [0, 0.05) is 25.8 Å². The normalized spacial score (nSPS) is 24.8. The Morgan fingerprint density at radius 3 is 2.91 bits per heavy atom. The van der Waals surface area contributed by atoms with Gasteiger partial charge in [-0.1, -0.05) is 0 Å². The molecule has 0 heterocycles. The van der Waals surface area contributed by atoms with Crippen LogP contribution in [0.3, 0.4) is 0 Å². The maximum Gasteiger partial charge on any atom is 0.217 e. The summed E-state index contributed by atoms with van der Waals surface area (Å²) in [6.07, 6.45) is 3.09. The molecule has 1 fully saturated rings. The summed E-state index contributed by atoms with van der Waals surface area (Å²) in [5.74, 6) is 0.236. The Morgan fingerprint density at radius 1 is 1.64 bits per heavy atom. The van der Waals surface area contributed by atoms with Crippen molar-refractivity contribution in [2.75, 3.05) is 0 Å². The van der Waals surface area contributed by atoms with Gasteiger partial charge in [0.05, 0.1) is 0 Å². The molecule has 0 aliphatic heterocycles. The highest BCUT2D eigenvalue weighted by Gasteiger charge is 2.19. The van der Waals surface area contributed by atoms with Crippen molar-refractivity contribution in [1.29, 1.82) is 0 Å². The average molecular weight is 155 g/mol. The molecule has 0 bridgehead atoms. The van der Waals surface area contributed by atoms with E-state index in [9.17, 15) is 9.59 Å². The Hall–Kier alpha value is -0.860. The molecule has 1 unspecified atom stereocenters. The topological polar surface area (TPSA) is 46.2 Å². The first-order chi connectivity index (χ1) is 5.18. The van der Waals surface area contributed by atoms with E-state index in [1.165, 1.54) is 6.92 Å². The number of hydrogen-bond acceptors (Lipinski definition) is 2. The highest BCUT2D eigenvalue weighted by molar-refractivity contribution is 5.81. The number of nitrogens with one attached hydrogen (secondary N) is 1. The fourth-order valence-electron chi connectivity index (χ4n) is 1.44. The summed E-state index contributed by atoms with van der Waals surface area (Å²) in [5, 5.41) is 2.75. The smallest absolute Gasteiger partial charge is 0.217 e. The zero-order chi connectivity index (χ0) is 8.27. The third-order valence-corrected chi connectivity index (χ3v) is 1.89. The monoisotopic (exact) mass is 155 g/mol. The van der Waals surface area contributed by atoms with Crippen molar-refractivity contribution in [3.63, 3.8) is 0 Å². The highest BCUT2D eigenvalue weighted by Crippen LogP contribution is 2.14. The lowest BCUT2D eigenvalue weighted by Gasteiger charge is -2.20. The molecule has 1 rings (SSSR count). The van der Waals surface area contributed by atoms with E-state index in [1.807, 2.05) is 0 Å². The molecular formula is C8H13NO2. The largest absolute Gasteiger partial charge is 0.353 e. The number of amides is 1. The molecule has 0 aromatic carbocycles. The van der Waals surface area contributed by atoms with Crippen LogP contribution in [0.4, 0.5) is 0 Å². The van der Waals surface area contributed by atoms with Crippen LogP contribution in [-0.2, 0) is 9.59 Å². The molecule has 62 valence electrons. The van der Waals surface area contributed by atoms with Gasteiger partial charge in [-0.2, -0.15) is 0 Å². The van der Waals surface area contributed by atoms with Crippen LogP contribution >= 0.6 is 0 Å². The summed E-state index contributed by atoms with van der Waals surface area (Å²) >= 11 is 0. The predicted octanol–water partition coefficient (Wildman–Crippen LogP) is 0.634. The van der Waals surface area contributed by atoms with Gasteiger partial charge in [-0.05, 0) is 12.8 Å². The second-order valence-corrected chi connectivity index (χ2v) is 3.03. The van der Waals surface area contributed by atoms with Gasteiger partial charge in [0.1, 0.15) is 5.78 Å². The first kappa shape index (κ1) is 8.24. The molecule has 1 N–H and O–H groups in total. The van der Waals surface area contributed by atoms with Crippen LogP contribution in [0.2, 0.25) is 0 Å². The second kappa shape index (κ2) is 3.51. The molecule has 1 amide bonds. The maximum atomic E-state index is 10.9. The Kier molecular flexibility index (Phi) is 2.63. The standard InChI is InChI=1S/C8H13NO2/c1-6(10)9-7-3-2-4-8(11)5-7/h7H,2-5H2,1H3,(H,9,10). The van der Waals surface area contributed by atoms with Crippen molar-refractivity contribution in [3.8, 4) is 0 Å². The predicted molar refractivity (Wildman–Crippen MR) is 41.1 cm³/mol. The number of carbonyl (C=O) groups excluding carboxylic acids is 2. The van der Waals surface area contributed by atoms with Crippen molar-refractivity contribution in [1.82, 2.24) is 5.32 Å². The highest BCUT2D eigenvalue weighted by atomic mass is 16.1. The minimum Gasteiger partial charge on any atom is -0.353 e. The summed E-state index contributed by atoms with van der Waals surface area (Å²) in [5.41, 5.74) is 0. The fourth-order valence-corrected chi connectivity index (χ4v) is 1.44. The quantitative estimate of drug-likeness (QED) is 0.603. The molecule has 0 radical (unpaired) electrons. The van der Waals surface area contributed by atoms with E-state index < -0.39 is 0 Å². The van der Waals surface area contributed by atoms with Crippen LogP contribution < -0.4 is 5.32 Å². The van der Waals surface area contributed by atoms with Gasteiger partial charge < -0.3 is 5.32 Å². The Bertz CT molecular complexity index is 175.